The SMILES string of the molecule is CCCOCCn1cc(C(Cl)CC)nn1. The number of halogens is 1. The van der Waals surface area contributed by atoms with Gasteiger partial charge in [0.05, 0.1) is 24.7 Å². The maximum absolute atomic E-state index is 6.04. The highest BCUT2D eigenvalue weighted by atomic mass is 35.5. The maximum atomic E-state index is 6.04. The number of nitrogens with zero attached hydrogens (tertiary/aromatic N) is 3. The Hall–Kier alpha value is -0.610. The van der Waals surface area contributed by atoms with E-state index in [1.165, 1.54) is 0 Å². The van der Waals surface area contributed by atoms with E-state index in [1.807, 2.05) is 13.1 Å². The molecule has 0 saturated carbocycles. The topological polar surface area (TPSA) is 39.9 Å². The Bertz CT molecular complexity index is 277. The van der Waals surface area contributed by atoms with Crippen LogP contribution in [0.2, 0.25) is 0 Å². The van der Waals surface area contributed by atoms with Crippen molar-refractivity contribution < 1.29 is 4.74 Å². The van der Waals surface area contributed by atoms with Crippen LogP contribution in [0, 0.1) is 0 Å². The molecule has 0 spiro atoms. The van der Waals surface area contributed by atoms with Gasteiger partial charge in [0.1, 0.15) is 5.69 Å². The summed E-state index contributed by atoms with van der Waals surface area (Å²) in [4.78, 5) is 0. The molecule has 0 saturated heterocycles. The second kappa shape index (κ2) is 6.80. The molecular formula is C10H18ClN3O. The highest BCUT2D eigenvalue weighted by molar-refractivity contribution is 6.20. The number of hydrogen-bond donors (Lipinski definition) is 0. The summed E-state index contributed by atoms with van der Waals surface area (Å²) in [5.41, 5.74) is 0.842. The van der Waals surface area contributed by atoms with Gasteiger partial charge in [0.2, 0.25) is 0 Å². The number of aromatic nitrogens is 3. The molecule has 0 aliphatic carbocycles. The van der Waals surface area contributed by atoms with E-state index in [0.29, 0.717) is 6.61 Å². The van der Waals surface area contributed by atoms with Crippen LogP contribution < -0.4 is 0 Å². The van der Waals surface area contributed by atoms with Gasteiger partial charge in [-0.3, -0.25) is 0 Å². The smallest absolute Gasteiger partial charge is 0.100 e. The van der Waals surface area contributed by atoms with Gasteiger partial charge in [0, 0.05) is 6.61 Å². The Balaban J connectivity index is 2.33. The zero-order valence-electron chi connectivity index (χ0n) is 9.32. The van der Waals surface area contributed by atoms with Crippen LogP contribution in [-0.4, -0.2) is 28.2 Å². The lowest BCUT2D eigenvalue weighted by molar-refractivity contribution is 0.124. The minimum Gasteiger partial charge on any atom is -0.380 e. The fourth-order valence-corrected chi connectivity index (χ4v) is 1.28. The van der Waals surface area contributed by atoms with Crippen LogP contribution in [0.3, 0.4) is 0 Å². The molecule has 86 valence electrons. The van der Waals surface area contributed by atoms with E-state index in [4.69, 9.17) is 16.3 Å². The van der Waals surface area contributed by atoms with Gasteiger partial charge in [-0.05, 0) is 12.8 Å². The van der Waals surface area contributed by atoms with E-state index in [-0.39, 0.29) is 5.38 Å². The van der Waals surface area contributed by atoms with Crippen molar-refractivity contribution in [2.24, 2.45) is 0 Å². The number of ether oxygens (including phenoxy) is 1. The standard InChI is InChI=1S/C10H18ClN3O/c1-3-6-15-7-5-14-8-10(12-13-14)9(11)4-2/h8-9H,3-7H2,1-2H3. The Morgan fingerprint density at radius 2 is 2.27 bits per heavy atom. The van der Waals surface area contributed by atoms with Gasteiger partial charge in [-0.15, -0.1) is 16.7 Å². The van der Waals surface area contributed by atoms with Crippen molar-refractivity contribution in [3.63, 3.8) is 0 Å². The van der Waals surface area contributed by atoms with Gasteiger partial charge in [0.25, 0.3) is 0 Å². The Morgan fingerprint density at radius 1 is 1.47 bits per heavy atom. The third kappa shape index (κ3) is 4.18. The lowest BCUT2D eigenvalue weighted by atomic mass is 10.3. The maximum Gasteiger partial charge on any atom is 0.100 e. The first-order chi connectivity index (χ1) is 7.27. The van der Waals surface area contributed by atoms with Gasteiger partial charge in [-0.2, -0.15) is 0 Å². The minimum atomic E-state index is -0.0321. The molecule has 0 aliphatic rings. The van der Waals surface area contributed by atoms with Gasteiger partial charge in [-0.1, -0.05) is 19.1 Å². The Kier molecular flexibility index (Phi) is 5.65. The summed E-state index contributed by atoms with van der Waals surface area (Å²) in [7, 11) is 0. The summed E-state index contributed by atoms with van der Waals surface area (Å²) in [6, 6.07) is 0. The van der Waals surface area contributed by atoms with E-state index in [2.05, 4.69) is 17.2 Å². The first kappa shape index (κ1) is 12.5. The van der Waals surface area contributed by atoms with Crippen LogP contribution in [0.15, 0.2) is 6.20 Å². The van der Waals surface area contributed by atoms with Gasteiger partial charge >= 0.3 is 0 Å². The van der Waals surface area contributed by atoms with Crippen LogP contribution in [-0.2, 0) is 11.3 Å². The number of alkyl halides is 1. The van der Waals surface area contributed by atoms with E-state index in [9.17, 15) is 0 Å². The Morgan fingerprint density at radius 3 is 2.93 bits per heavy atom. The summed E-state index contributed by atoms with van der Waals surface area (Å²) < 4.78 is 7.14. The normalized spacial score (nSPS) is 13.0. The van der Waals surface area contributed by atoms with Crippen LogP contribution in [0.1, 0.15) is 37.8 Å². The molecule has 1 unspecified atom stereocenters. The van der Waals surface area contributed by atoms with Crippen molar-refractivity contribution in [1.82, 2.24) is 15.0 Å². The first-order valence-corrected chi connectivity index (χ1v) is 5.83. The fourth-order valence-electron chi connectivity index (χ4n) is 1.18. The molecule has 4 nitrogen and oxygen atoms in total. The number of hydrogen-bond acceptors (Lipinski definition) is 3. The van der Waals surface area contributed by atoms with Gasteiger partial charge in [-0.25, -0.2) is 4.68 Å². The zero-order chi connectivity index (χ0) is 11.1. The molecule has 0 aliphatic heterocycles. The van der Waals surface area contributed by atoms with Crippen LogP contribution >= 0.6 is 11.6 Å². The van der Waals surface area contributed by atoms with Crippen molar-refractivity contribution in [3.05, 3.63) is 11.9 Å². The monoisotopic (exact) mass is 231 g/mol. The third-order valence-corrected chi connectivity index (χ3v) is 2.58. The molecule has 15 heavy (non-hydrogen) atoms. The largest absolute Gasteiger partial charge is 0.380 e. The predicted molar refractivity (Wildman–Crippen MR) is 60.0 cm³/mol. The molecule has 0 N–H and O–H groups in total. The lowest BCUT2D eigenvalue weighted by Crippen LogP contribution is -2.07. The van der Waals surface area contributed by atoms with E-state index >= 15 is 0 Å². The summed E-state index contributed by atoms with van der Waals surface area (Å²) in [5.74, 6) is 0. The summed E-state index contributed by atoms with van der Waals surface area (Å²) in [6.07, 6.45) is 3.80. The molecule has 1 atom stereocenters. The quantitative estimate of drug-likeness (QED) is 0.535. The highest BCUT2D eigenvalue weighted by Crippen LogP contribution is 2.20. The van der Waals surface area contributed by atoms with Gasteiger partial charge in [0.15, 0.2) is 0 Å². The summed E-state index contributed by atoms with van der Waals surface area (Å²) in [5, 5.41) is 7.96. The molecule has 0 fully saturated rings. The average Bonchev–Trinajstić information content (AvgIpc) is 2.72. The second-order valence-electron chi connectivity index (χ2n) is 3.39. The predicted octanol–water partition coefficient (Wildman–Crippen LogP) is 2.39. The summed E-state index contributed by atoms with van der Waals surface area (Å²) >= 11 is 6.04. The molecular weight excluding hydrogens is 214 g/mol. The van der Waals surface area contributed by atoms with Crippen LogP contribution in [0.4, 0.5) is 0 Å². The van der Waals surface area contributed by atoms with Crippen molar-refractivity contribution in [2.75, 3.05) is 13.2 Å². The molecule has 1 aromatic heterocycles. The van der Waals surface area contributed by atoms with Crippen molar-refractivity contribution in [3.8, 4) is 0 Å². The molecule has 1 heterocycles. The summed E-state index contributed by atoms with van der Waals surface area (Å²) in [6.45, 7) is 6.33. The zero-order valence-corrected chi connectivity index (χ0v) is 10.1. The molecule has 0 bridgehead atoms. The third-order valence-electron chi connectivity index (χ3n) is 2.05. The van der Waals surface area contributed by atoms with Crippen LogP contribution in [0.5, 0.6) is 0 Å². The van der Waals surface area contributed by atoms with Crippen molar-refractivity contribution in [1.29, 1.82) is 0 Å². The molecule has 0 amide bonds. The highest BCUT2D eigenvalue weighted by Gasteiger charge is 2.09. The van der Waals surface area contributed by atoms with E-state index in [1.54, 1.807) is 4.68 Å². The molecule has 0 aromatic carbocycles. The van der Waals surface area contributed by atoms with E-state index in [0.717, 1.165) is 31.7 Å². The average molecular weight is 232 g/mol. The molecule has 1 rings (SSSR count). The molecule has 0 radical (unpaired) electrons. The first-order valence-electron chi connectivity index (χ1n) is 5.39. The fraction of sp³-hybridized carbons (Fsp3) is 0.800. The number of rotatable bonds is 7. The molecule has 1 aromatic rings. The minimum absolute atomic E-state index is 0.0321. The second-order valence-corrected chi connectivity index (χ2v) is 3.92. The van der Waals surface area contributed by atoms with E-state index < -0.39 is 0 Å². The van der Waals surface area contributed by atoms with Crippen LogP contribution in [0.25, 0.3) is 0 Å². The Labute approximate surface area is 95.6 Å². The van der Waals surface area contributed by atoms with Gasteiger partial charge < -0.3 is 4.74 Å². The van der Waals surface area contributed by atoms with Crippen molar-refractivity contribution >= 4 is 11.6 Å². The van der Waals surface area contributed by atoms with Crippen molar-refractivity contribution in [2.45, 2.75) is 38.6 Å². The molecule has 5 heteroatoms. The lowest BCUT2D eigenvalue weighted by Gasteiger charge is -2.01.